The molecule has 43 heavy (non-hydrogen) atoms. The van der Waals surface area contributed by atoms with E-state index in [1.807, 2.05) is 0 Å². The predicted octanol–water partition coefficient (Wildman–Crippen LogP) is 1.81. The van der Waals surface area contributed by atoms with Gasteiger partial charge in [-0.05, 0) is 6.42 Å². The Morgan fingerprint density at radius 2 is 1.19 bits per heavy atom. The fourth-order valence-corrected chi connectivity index (χ4v) is 5.68. The third-order valence-corrected chi connectivity index (χ3v) is 8.53. The summed E-state index contributed by atoms with van der Waals surface area (Å²) in [5, 5.41) is 70.5. The van der Waals surface area contributed by atoms with Crippen LogP contribution in [0.15, 0.2) is 0 Å². The van der Waals surface area contributed by atoms with E-state index in [1.165, 1.54) is 77.0 Å². The SMILES string of the molecule is CCCCCCCCCCCCCCCCCCC(=O)OC[C@H]1O[C@H](O[C@]2(CO)O[C@H](CO)[C@@H](O)[C@@H]2O)[C@H](O)[C@@H](O)[C@@H]1O. The monoisotopic (exact) mass is 622 g/mol. The third-order valence-electron chi connectivity index (χ3n) is 8.53. The van der Waals surface area contributed by atoms with Gasteiger partial charge in [0.1, 0.15) is 55.9 Å². The molecule has 0 saturated carbocycles. The molecule has 2 aliphatic rings. The molecule has 0 bridgehead atoms. The van der Waals surface area contributed by atoms with E-state index in [4.69, 9.17) is 18.9 Å². The van der Waals surface area contributed by atoms with Crippen LogP contribution in [0.4, 0.5) is 0 Å². The molecule has 0 radical (unpaired) electrons. The van der Waals surface area contributed by atoms with Crippen LogP contribution in [0.25, 0.3) is 0 Å². The van der Waals surface area contributed by atoms with Crippen LogP contribution >= 0.6 is 0 Å². The molecule has 0 aromatic rings. The van der Waals surface area contributed by atoms with E-state index in [1.54, 1.807) is 0 Å². The second-order valence-corrected chi connectivity index (χ2v) is 12.1. The zero-order valence-corrected chi connectivity index (χ0v) is 25.9. The number of esters is 1. The van der Waals surface area contributed by atoms with Gasteiger partial charge in [0.2, 0.25) is 5.79 Å². The summed E-state index contributed by atoms with van der Waals surface area (Å²) in [4.78, 5) is 12.3. The molecule has 12 nitrogen and oxygen atoms in total. The first-order chi connectivity index (χ1) is 20.7. The lowest BCUT2D eigenvalue weighted by Gasteiger charge is -2.43. The van der Waals surface area contributed by atoms with Crippen LogP contribution < -0.4 is 0 Å². The molecule has 254 valence electrons. The van der Waals surface area contributed by atoms with Gasteiger partial charge in [0.15, 0.2) is 6.29 Å². The van der Waals surface area contributed by atoms with Crippen molar-refractivity contribution in [3.63, 3.8) is 0 Å². The molecule has 7 N–H and O–H groups in total. The molecule has 0 aromatic heterocycles. The number of aliphatic hydroxyl groups is 7. The van der Waals surface area contributed by atoms with Crippen LogP contribution in [0.2, 0.25) is 0 Å². The molecule has 2 heterocycles. The normalized spacial score (nSPS) is 32.7. The van der Waals surface area contributed by atoms with Gasteiger partial charge in [-0.2, -0.15) is 0 Å². The predicted molar refractivity (Wildman–Crippen MR) is 157 cm³/mol. The van der Waals surface area contributed by atoms with Crippen molar-refractivity contribution in [3.05, 3.63) is 0 Å². The molecular weight excluding hydrogens is 564 g/mol. The topological polar surface area (TPSA) is 196 Å². The number of aliphatic hydroxyl groups excluding tert-OH is 7. The van der Waals surface area contributed by atoms with E-state index in [0.717, 1.165) is 19.3 Å². The minimum atomic E-state index is -2.27. The minimum absolute atomic E-state index is 0.195. The maximum atomic E-state index is 12.3. The van der Waals surface area contributed by atoms with Gasteiger partial charge in [0.25, 0.3) is 0 Å². The summed E-state index contributed by atoms with van der Waals surface area (Å²) in [5.41, 5.74) is 0. The highest BCUT2D eigenvalue weighted by molar-refractivity contribution is 5.69. The van der Waals surface area contributed by atoms with Crippen LogP contribution in [0.5, 0.6) is 0 Å². The van der Waals surface area contributed by atoms with Crippen LogP contribution in [0.3, 0.4) is 0 Å². The van der Waals surface area contributed by atoms with Crippen LogP contribution in [0.1, 0.15) is 116 Å². The standard InChI is InChI=1S/C31H58O12/c1-2-3-4-5-6-7-8-9-10-11-12-13-14-15-16-17-18-24(34)40-20-23-25(35)27(37)28(38)30(41-23)43-31(21-33)29(39)26(36)22(19-32)42-31/h22-23,25-30,32-33,35-39H,2-21H2,1H3/t22-,23-,25-,26-,27+,28-,29+,30-,31+/m1/s1. The van der Waals surface area contributed by atoms with Crippen LogP contribution in [-0.4, -0.2) is 116 Å². The molecule has 0 unspecified atom stereocenters. The maximum absolute atomic E-state index is 12.3. The summed E-state index contributed by atoms with van der Waals surface area (Å²) in [6.07, 6.45) is 6.94. The lowest BCUT2D eigenvalue weighted by atomic mass is 9.99. The quantitative estimate of drug-likeness (QED) is 0.0646. The van der Waals surface area contributed by atoms with E-state index in [0.29, 0.717) is 6.42 Å². The fraction of sp³-hybridized carbons (Fsp3) is 0.968. The fourth-order valence-electron chi connectivity index (χ4n) is 5.68. The third kappa shape index (κ3) is 12.4. The van der Waals surface area contributed by atoms with E-state index >= 15 is 0 Å². The van der Waals surface area contributed by atoms with E-state index in [2.05, 4.69) is 6.92 Å². The molecule has 0 aromatic carbocycles. The largest absolute Gasteiger partial charge is 0.463 e. The van der Waals surface area contributed by atoms with Crippen molar-refractivity contribution >= 4 is 5.97 Å². The molecular formula is C31H58O12. The Bertz CT molecular complexity index is 742. The summed E-state index contributed by atoms with van der Waals surface area (Å²) in [7, 11) is 0. The van der Waals surface area contributed by atoms with E-state index < -0.39 is 80.6 Å². The number of hydrogen-bond donors (Lipinski definition) is 7. The molecule has 12 heteroatoms. The summed E-state index contributed by atoms with van der Waals surface area (Å²) in [6, 6.07) is 0. The summed E-state index contributed by atoms with van der Waals surface area (Å²) < 4.78 is 21.5. The Kier molecular flexibility index (Phi) is 18.7. The zero-order valence-electron chi connectivity index (χ0n) is 25.9. The number of hydrogen-bond acceptors (Lipinski definition) is 12. The van der Waals surface area contributed by atoms with Gasteiger partial charge in [-0.15, -0.1) is 0 Å². The molecule has 0 spiro atoms. The Hall–Kier alpha value is -0.930. The first-order valence-corrected chi connectivity index (χ1v) is 16.5. The van der Waals surface area contributed by atoms with Crippen molar-refractivity contribution in [1.29, 1.82) is 0 Å². The Labute approximate surface area is 256 Å². The van der Waals surface area contributed by atoms with Gasteiger partial charge in [-0.25, -0.2) is 0 Å². The summed E-state index contributed by atoms with van der Waals surface area (Å²) >= 11 is 0. The average molecular weight is 623 g/mol. The van der Waals surface area contributed by atoms with Crippen LogP contribution in [-0.2, 0) is 23.7 Å². The molecule has 0 amide bonds. The Morgan fingerprint density at radius 3 is 1.65 bits per heavy atom. The summed E-state index contributed by atoms with van der Waals surface area (Å²) in [6.45, 7) is 0.152. The van der Waals surface area contributed by atoms with Crippen molar-refractivity contribution in [2.24, 2.45) is 0 Å². The van der Waals surface area contributed by atoms with Gasteiger partial charge in [-0.3, -0.25) is 4.79 Å². The lowest BCUT2D eigenvalue weighted by Crippen LogP contribution is -2.62. The number of carbonyl (C=O) groups excluding carboxylic acids is 1. The van der Waals surface area contributed by atoms with Crippen molar-refractivity contribution < 1.29 is 59.5 Å². The minimum Gasteiger partial charge on any atom is -0.463 e. The molecule has 2 rings (SSSR count). The zero-order chi connectivity index (χ0) is 31.7. The Balaban J connectivity index is 1.59. The van der Waals surface area contributed by atoms with E-state index in [-0.39, 0.29) is 6.42 Å². The number of unbranched alkanes of at least 4 members (excludes halogenated alkanes) is 15. The van der Waals surface area contributed by atoms with Crippen molar-refractivity contribution in [1.82, 2.24) is 0 Å². The lowest BCUT2D eigenvalue weighted by molar-refractivity contribution is -0.383. The highest BCUT2D eigenvalue weighted by Crippen LogP contribution is 2.36. The second kappa shape index (κ2) is 21.0. The Morgan fingerprint density at radius 1 is 0.674 bits per heavy atom. The highest BCUT2D eigenvalue weighted by Gasteiger charge is 2.58. The van der Waals surface area contributed by atoms with Crippen molar-refractivity contribution in [3.8, 4) is 0 Å². The van der Waals surface area contributed by atoms with Gasteiger partial charge >= 0.3 is 5.97 Å². The van der Waals surface area contributed by atoms with Crippen molar-refractivity contribution in [2.45, 2.75) is 171 Å². The number of ether oxygens (including phenoxy) is 4. The molecule has 0 aliphatic carbocycles. The average Bonchev–Trinajstić information content (AvgIpc) is 3.25. The number of carbonyl (C=O) groups is 1. The molecule has 9 atom stereocenters. The maximum Gasteiger partial charge on any atom is 0.305 e. The van der Waals surface area contributed by atoms with Crippen LogP contribution in [0, 0.1) is 0 Å². The first-order valence-electron chi connectivity index (χ1n) is 16.5. The second-order valence-electron chi connectivity index (χ2n) is 12.1. The van der Waals surface area contributed by atoms with Gasteiger partial charge < -0.3 is 54.7 Å². The highest BCUT2D eigenvalue weighted by atomic mass is 16.8. The molecule has 2 fully saturated rings. The van der Waals surface area contributed by atoms with Gasteiger partial charge in [0.05, 0.1) is 6.61 Å². The molecule has 2 saturated heterocycles. The first kappa shape index (κ1) is 38.3. The van der Waals surface area contributed by atoms with Gasteiger partial charge in [-0.1, -0.05) is 103 Å². The number of rotatable bonds is 23. The molecule has 2 aliphatic heterocycles. The summed E-state index contributed by atoms with van der Waals surface area (Å²) in [5.74, 6) is -2.76. The van der Waals surface area contributed by atoms with Crippen molar-refractivity contribution in [2.75, 3.05) is 19.8 Å². The van der Waals surface area contributed by atoms with E-state index in [9.17, 15) is 40.5 Å². The smallest absolute Gasteiger partial charge is 0.305 e. The van der Waals surface area contributed by atoms with Gasteiger partial charge in [0, 0.05) is 6.42 Å².